The van der Waals surface area contributed by atoms with E-state index in [2.05, 4.69) is 0 Å². The SMILES string of the molecule is CC(C)(CC(C)(N)N1C(=O)C=CC1=O)C(=O)ON1C(=O)CCC1=O. The van der Waals surface area contributed by atoms with Crippen LogP contribution in [0.3, 0.4) is 0 Å². The van der Waals surface area contributed by atoms with Crippen LogP contribution in [-0.2, 0) is 28.8 Å². The molecule has 0 saturated carbocycles. The summed E-state index contributed by atoms with van der Waals surface area (Å²) in [5.41, 5.74) is 3.38. The molecule has 0 spiro atoms. The molecular weight excluding hydrogens is 318 g/mol. The first-order valence-corrected chi connectivity index (χ1v) is 7.39. The van der Waals surface area contributed by atoms with Crippen LogP contribution in [0.15, 0.2) is 12.2 Å². The van der Waals surface area contributed by atoms with Crippen molar-refractivity contribution in [2.24, 2.45) is 11.1 Å². The minimum absolute atomic E-state index is 0.0103. The highest BCUT2D eigenvalue weighted by Crippen LogP contribution is 2.32. The van der Waals surface area contributed by atoms with Crippen LogP contribution in [-0.4, -0.2) is 45.2 Å². The van der Waals surface area contributed by atoms with Crippen molar-refractivity contribution < 1.29 is 28.8 Å². The van der Waals surface area contributed by atoms with Gasteiger partial charge in [-0.05, 0) is 27.2 Å². The first-order valence-electron chi connectivity index (χ1n) is 7.39. The first-order chi connectivity index (χ1) is 11.0. The molecule has 0 aromatic carbocycles. The van der Waals surface area contributed by atoms with Gasteiger partial charge in [-0.1, -0.05) is 0 Å². The number of nitrogens with zero attached hydrogens (tertiary/aromatic N) is 2. The van der Waals surface area contributed by atoms with Crippen molar-refractivity contribution in [3.05, 3.63) is 12.2 Å². The Morgan fingerprint density at radius 2 is 1.54 bits per heavy atom. The number of amides is 4. The highest BCUT2D eigenvalue weighted by molar-refractivity contribution is 6.13. The molecule has 0 aromatic heterocycles. The maximum absolute atomic E-state index is 12.3. The van der Waals surface area contributed by atoms with Crippen LogP contribution in [0.25, 0.3) is 0 Å². The lowest BCUT2D eigenvalue weighted by molar-refractivity contribution is -0.205. The van der Waals surface area contributed by atoms with E-state index in [0.717, 1.165) is 17.1 Å². The highest BCUT2D eigenvalue weighted by Gasteiger charge is 2.46. The molecule has 0 aliphatic carbocycles. The highest BCUT2D eigenvalue weighted by atomic mass is 16.7. The van der Waals surface area contributed by atoms with Crippen molar-refractivity contribution in [3.63, 3.8) is 0 Å². The molecule has 1 fully saturated rings. The molecule has 2 aliphatic heterocycles. The molecule has 0 radical (unpaired) electrons. The number of imide groups is 2. The van der Waals surface area contributed by atoms with Crippen LogP contribution in [0.4, 0.5) is 0 Å². The summed E-state index contributed by atoms with van der Waals surface area (Å²) in [7, 11) is 0. The van der Waals surface area contributed by atoms with Crippen molar-refractivity contribution in [2.75, 3.05) is 0 Å². The fourth-order valence-corrected chi connectivity index (χ4v) is 2.81. The van der Waals surface area contributed by atoms with Crippen LogP contribution in [0, 0.1) is 5.41 Å². The Morgan fingerprint density at radius 1 is 1.08 bits per heavy atom. The third kappa shape index (κ3) is 3.21. The van der Waals surface area contributed by atoms with Crippen molar-refractivity contribution in [2.45, 2.75) is 45.7 Å². The minimum Gasteiger partial charge on any atom is -0.330 e. The van der Waals surface area contributed by atoms with Gasteiger partial charge in [-0.3, -0.25) is 24.1 Å². The molecule has 24 heavy (non-hydrogen) atoms. The van der Waals surface area contributed by atoms with Gasteiger partial charge in [0, 0.05) is 25.0 Å². The number of rotatable bonds is 5. The molecule has 4 amide bonds. The predicted molar refractivity (Wildman–Crippen MR) is 79.2 cm³/mol. The van der Waals surface area contributed by atoms with Gasteiger partial charge in [-0.15, -0.1) is 5.06 Å². The van der Waals surface area contributed by atoms with Crippen LogP contribution in [0.5, 0.6) is 0 Å². The molecule has 2 heterocycles. The van der Waals surface area contributed by atoms with Crippen molar-refractivity contribution in [3.8, 4) is 0 Å². The summed E-state index contributed by atoms with van der Waals surface area (Å²) >= 11 is 0. The Hall–Kier alpha value is -2.55. The van der Waals surface area contributed by atoms with Gasteiger partial charge in [0.2, 0.25) is 0 Å². The second-order valence-electron chi connectivity index (χ2n) is 6.72. The van der Waals surface area contributed by atoms with E-state index in [0.29, 0.717) is 5.06 Å². The summed E-state index contributed by atoms with van der Waals surface area (Å²) in [4.78, 5) is 64.7. The fraction of sp³-hybridized carbons (Fsp3) is 0.533. The van der Waals surface area contributed by atoms with E-state index < -0.39 is 40.7 Å². The van der Waals surface area contributed by atoms with Gasteiger partial charge in [0.25, 0.3) is 23.6 Å². The Balaban J connectivity index is 2.10. The smallest absolute Gasteiger partial charge is 0.330 e. The normalized spacial score (nSPS) is 20.8. The molecule has 1 saturated heterocycles. The van der Waals surface area contributed by atoms with Gasteiger partial charge in [0.1, 0.15) is 0 Å². The zero-order valence-corrected chi connectivity index (χ0v) is 13.7. The molecular formula is C15H19N3O6. The molecule has 9 nitrogen and oxygen atoms in total. The van der Waals surface area contributed by atoms with E-state index in [1.54, 1.807) is 0 Å². The summed E-state index contributed by atoms with van der Waals surface area (Å²) in [6.07, 6.45) is 2.06. The summed E-state index contributed by atoms with van der Waals surface area (Å²) in [5.74, 6) is -3.17. The minimum atomic E-state index is -1.45. The summed E-state index contributed by atoms with van der Waals surface area (Å²) < 4.78 is 0. The summed E-state index contributed by atoms with van der Waals surface area (Å²) in [6, 6.07) is 0. The molecule has 2 rings (SSSR count). The van der Waals surface area contributed by atoms with E-state index in [1.165, 1.54) is 20.8 Å². The Kier molecular flexibility index (Phi) is 4.32. The molecule has 130 valence electrons. The van der Waals surface area contributed by atoms with E-state index in [1.807, 2.05) is 0 Å². The molecule has 9 heteroatoms. The van der Waals surface area contributed by atoms with Crippen LogP contribution < -0.4 is 5.73 Å². The predicted octanol–water partition coefficient (Wildman–Crippen LogP) is -0.390. The van der Waals surface area contributed by atoms with Crippen LogP contribution in [0.1, 0.15) is 40.0 Å². The lowest BCUT2D eigenvalue weighted by atomic mass is 9.83. The Labute approximate surface area is 138 Å². The Bertz CT molecular complexity index is 630. The van der Waals surface area contributed by atoms with Gasteiger partial charge >= 0.3 is 5.97 Å². The second kappa shape index (κ2) is 5.82. The molecule has 0 bridgehead atoms. The van der Waals surface area contributed by atoms with Gasteiger partial charge in [0.15, 0.2) is 0 Å². The quantitative estimate of drug-likeness (QED) is 0.677. The molecule has 1 atom stereocenters. The maximum atomic E-state index is 12.3. The van der Waals surface area contributed by atoms with E-state index in [-0.39, 0.29) is 19.3 Å². The van der Waals surface area contributed by atoms with Crippen molar-refractivity contribution >= 4 is 29.6 Å². The fourth-order valence-electron chi connectivity index (χ4n) is 2.81. The second-order valence-corrected chi connectivity index (χ2v) is 6.72. The number of hydrogen-bond donors (Lipinski definition) is 1. The zero-order chi connectivity index (χ0) is 18.3. The number of carbonyl (C=O) groups is 5. The molecule has 2 N–H and O–H groups in total. The van der Waals surface area contributed by atoms with E-state index in [9.17, 15) is 24.0 Å². The Morgan fingerprint density at radius 3 is 2.00 bits per heavy atom. The van der Waals surface area contributed by atoms with Crippen LogP contribution >= 0.6 is 0 Å². The zero-order valence-electron chi connectivity index (χ0n) is 13.7. The molecule has 0 aromatic rings. The molecule has 1 unspecified atom stereocenters. The third-order valence-corrected chi connectivity index (χ3v) is 3.85. The lowest BCUT2D eigenvalue weighted by Crippen LogP contribution is -2.59. The molecule has 2 aliphatic rings. The third-order valence-electron chi connectivity index (χ3n) is 3.85. The number of carbonyl (C=O) groups excluding carboxylic acids is 5. The monoisotopic (exact) mass is 337 g/mol. The average Bonchev–Trinajstić information content (AvgIpc) is 2.94. The average molecular weight is 337 g/mol. The van der Waals surface area contributed by atoms with Gasteiger partial charge in [0.05, 0.1) is 11.1 Å². The standard InChI is InChI=1S/C15H19N3O6/c1-14(2,13(23)24-18-11(21)6-7-12(18)22)8-15(3,16)17-9(19)4-5-10(17)20/h4-5H,6-8,16H2,1-3H3. The topological polar surface area (TPSA) is 127 Å². The van der Waals surface area contributed by atoms with Crippen molar-refractivity contribution in [1.82, 2.24) is 9.96 Å². The number of hydroxylamine groups is 2. The largest absolute Gasteiger partial charge is 0.338 e. The van der Waals surface area contributed by atoms with Gasteiger partial charge in [-0.2, -0.15) is 0 Å². The van der Waals surface area contributed by atoms with Crippen molar-refractivity contribution in [1.29, 1.82) is 0 Å². The number of nitrogens with two attached hydrogens (primary N) is 1. The van der Waals surface area contributed by atoms with Gasteiger partial charge in [-0.25, -0.2) is 4.79 Å². The summed E-state index contributed by atoms with van der Waals surface area (Å²) in [6.45, 7) is 4.42. The van der Waals surface area contributed by atoms with E-state index in [4.69, 9.17) is 10.6 Å². The first kappa shape index (κ1) is 17.8. The summed E-state index contributed by atoms with van der Waals surface area (Å²) in [5, 5.41) is 0.450. The van der Waals surface area contributed by atoms with Crippen LogP contribution in [0.2, 0.25) is 0 Å². The lowest BCUT2D eigenvalue weighted by Gasteiger charge is -2.38. The van der Waals surface area contributed by atoms with Gasteiger partial charge < -0.3 is 10.6 Å². The van der Waals surface area contributed by atoms with E-state index >= 15 is 0 Å². The number of hydrogen-bond acceptors (Lipinski definition) is 7. The maximum Gasteiger partial charge on any atom is 0.338 e.